The molecule has 1 amide bonds. The highest BCUT2D eigenvalue weighted by Crippen LogP contribution is 2.18. The van der Waals surface area contributed by atoms with Gasteiger partial charge in [-0.15, -0.1) is 5.10 Å². The Morgan fingerprint density at radius 1 is 1.27 bits per heavy atom. The molecule has 0 spiro atoms. The normalized spacial score (nSPS) is 10.7. The quantitative estimate of drug-likeness (QED) is 0.671. The van der Waals surface area contributed by atoms with Gasteiger partial charge in [-0.2, -0.15) is 5.10 Å². The Bertz CT molecular complexity index is 1040. The van der Waals surface area contributed by atoms with Gasteiger partial charge in [-0.3, -0.25) is 9.59 Å². The van der Waals surface area contributed by atoms with Crippen LogP contribution in [0.3, 0.4) is 0 Å². The molecule has 10 heteroatoms. The van der Waals surface area contributed by atoms with Gasteiger partial charge in [0, 0.05) is 16.9 Å². The van der Waals surface area contributed by atoms with Crippen LogP contribution in [0.25, 0.3) is 10.8 Å². The fourth-order valence-corrected chi connectivity index (χ4v) is 2.99. The number of nitrogens with one attached hydrogen (secondary N) is 1. The number of fused-ring (bicyclic) bond motifs is 1. The van der Waals surface area contributed by atoms with Crippen molar-refractivity contribution in [2.45, 2.75) is 20.4 Å². The second kappa shape index (κ2) is 7.40. The highest BCUT2D eigenvalue weighted by Gasteiger charge is 2.20. The minimum absolute atomic E-state index is 0.0693. The molecule has 2 heterocycles. The monoisotopic (exact) mass is 373 g/mol. The third-order valence-electron chi connectivity index (χ3n) is 3.56. The van der Waals surface area contributed by atoms with Gasteiger partial charge in [-0.25, -0.2) is 9.48 Å². The van der Waals surface area contributed by atoms with E-state index in [1.807, 2.05) is 6.07 Å². The molecule has 0 aliphatic carbocycles. The van der Waals surface area contributed by atoms with E-state index in [2.05, 4.69) is 20.0 Å². The zero-order chi connectivity index (χ0) is 18.7. The Kier molecular flexibility index (Phi) is 5.03. The Labute approximate surface area is 151 Å². The van der Waals surface area contributed by atoms with Gasteiger partial charge >= 0.3 is 5.97 Å². The van der Waals surface area contributed by atoms with E-state index in [9.17, 15) is 14.4 Å². The molecule has 0 radical (unpaired) electrons. The van der Waals surface area contributed by atoms with Crippen LogP contribution in [-0.4, -0.2) is 37.9 Å². The van der Waals surface area contributed by atoms with Crippen molar-refractivity contribution < 1.29 is 14.3 Å². The van der Waals surface area contributed by atoms with Crippen molar-refractivity contribution in [3.8, 4) is 0 Å². The Balaban J connectivity index is 1.83. The van der Waals surface area contributed by atoms with Crippen LogP contribution in [0.15, 0.2) is 29.1 Å². The van der Waals surface area contributed by atoms with Gasteiger partial charge < -0.3 is 10.1 Å². The molecular weight excluding hydrogens is 358 g/mol. The van der Waals surface area contributed by atoms with E-state index in [-0.39, 0.29) is 29.4 Å². The third kappa shape index (κ3) is 3.45. The maximum Gasteiger partial charge on any atom is 0.362 e. The van der Waals surface area contributed by atoms with Crippen molar-refractivity contribution in [1.29, 1.82) is 0 Å². The average Bonchev–Trinajstić information content (AvgIpc) is 3.08. The Morgan fingerprint density at radius 3 is 2.73 bits per heavy atom. The van der Waals surface area contributed by atoms with Crippen LogP contribution >= 0.6 is 11.5 Å². The second-order valence-electron chi connectivity index (χ2n) is 5.31. The number of esters is 1. The topological polar surface area (TPSA) is 116 Å². The van der Waals surface area contributed by atoms with Gasteiger partial charge in [0.15, 0.2) is 5.00 Å². The van der Waals surface area contributed by atoms with Crippen molar-refractivity contribution in [2.24, 2.45) is 0 Å². The number of hydrogen-bond acceptors (Lipinski definition) is 8. The first kappa shape index (κ1) is 17.7. The number of carbonyl (C=O) groups excluding carboxylic acids is 2. The molecule has 26 heavy (non-hydrogen) atoms. The van der Waals surface area contributed by atoms with Crippen LogP contribution in [0.5, 0.6) is 0 Å². The predicted octanol–water partition coefficient (Wildman–Crippen LogP) is 1.37. The fraction of sp³-hybridized carbons (Fsp3) is 0.250. The van der Waals surface area contributed by atoms with Crippen molar-refractivity contribution in [3.63, 3.8) is 0 Å². The summed E-state index contributed by atoms with van der Waals surface area (Å²) in [7, 11) is 0. The van der Waals surface area contributed by atoms with E-state index < -0.39 is 11.9 Å². The number of aromatic nitrogens is 4. The summed E-state index contributed by atoms with van der Waals surface area (Å²) in [6.07, 6.45) is 0. The summed E-state index contributed by atoms with van der Waals surface area (Å²) in [5.41, 5.74) is 0.203. The van der Waals surface area contributed by atoms with Crippen molar-refractivity contribution in [3.05, 3.63) is 46.0 Å². The van der Waals surface area contributed by atoms with Gasteiger partial charge in [0.25, 0.3) is 5.56 Å². The highest BCUT2D eigenvalue weighted by atomic mass is 32.1. The van der Waals surface area contributed by atoms with Gasteiger partial charge in [0.05, 0.1) is 17.7 Å². The molecule has 2 aromatic heterocycles. The molecule has 0 saturated heterocycles. The summed E-state index contributed by atoms with van der Waals surface area (Å²) in [6, 6.07) is 7.06. The number of nitrogens with zero attached hydrogens (tertiary/aromatic N) is 4. The van der Waals surface area contributed by atoms with Gasteiger partial charge in [-0.05, 0) is 19.9 Å². The lowest BCUT2D eigenvalue weighted by atomic mass is 10.1. The van der Waals surface area contributed by atoms with Crippen LogP contribution in [-0.2, 0) is 16.1 Å². The molecule has 0 unspecified atom stereocenters. The molecule has 0 fully saturated rings. The molecule has 9 nitrogen and oxygen atoms in total. The highest BCUT2D eigenvalue weighted by molar-refractivity contribution is 7.10. The van der Waals surface area contributed by atoms with Crippen molar-refractivity contribution >= 4 is 39.2 Å². The van der Waals surface area contributed by atoms with Gasteiger partial charge in [0.2, 0.25) is 11.6 Å². The lowest BCUT2D eigenvalue weighted by Gasteiger charge is -2.09. The summed E-state index contributed by atoms with van der Waals surface area (Å²) in [5.74, 6) is -1.20. The van der Waals surface area contributed by atoms with Gasteiger partial charge in [0.1, 0.15) is 6.54 Å². The van der Waals surface area contributed by atoms with E-state index in [0.29, 0.717) is 11.1 Å². The molecule has 1 N–H and O–H groups in total. The maximum atomic E-state index is 12.5. The third-order valence-corrected chi connectivity index (χ3v) is 4.20. The van der Waals surface area contributed by atoms with Crippen LogP contribution in [0, 0.1) is 6.92 Å². The molecular formula is C16H15N5O4S. The maximum absolute atomic E-state index is 12.5. The average molecular weight is 373 g/mol. The zero-order valence-electron chi connectivity index (χ0n) is 14.1. The summed E-state index contributed by atoms with van der Waals surface area (Å²) in [5, 5.41) is 11.8. The van der Waals surface area contributed by atoms with E-state index >= 15 is 0 Å². The minimum atomic E-state index is -0.673. The summed E-state index contributed by atoms with van der Waals surface area (Å²) < 4.78 is 9.60. The Hall–Kier alpha value is -3.14. The second-order valence-corrected chi connectivity index (χ2v) is 6.07. The first-order valence-corrected chi connectivity index (χ1v) is 8.54. The zero-order valence-corrected chi connectivity index (χ0v) is 14.9. The number of hydrogen-bond donors (Lipinski definition) is 1. The van der Waals surface area contributed by atoms with Crippen molar-refractivity contribution in [2.75, 3.05) is 11.9 Å². The summed E-state index contributed by atoms with van der Waals surface area (Å²) in [6.45, 7) is 3.31. The van der Waals surface area contributed by atoms with E-state index in [1.54, 1.807) is 32.0 Å². The van der Waals surface area contributed by atoms with Crippen LogP contribution < -0.4 is 10.9 Å². The molecule has 0 bridgehead atoms. The molecule has 0 atom stereocenters. The smallest absolute Gasteiger partial charge is 0.362 e. The van der Waals surface area contributed by atoms with E-state index in [1.165, 1.54) is 0 Å². The lowest BCUT2D eigenvalue weighted by Crippen LogP contribution is -2.30. The number of rotatable bonds is 5. The lowest BCUT2D eigenvalue weighted by molar-refractivity contribution is -0.116. The number of aryl methyl sites for hydroxylation is 1. The standard InChI is InChI=1S/C16H15N5O4S/c1-3-25-16(24)13-14(26-20-18-13)17-12(22)8-21-15(23)11-7-5-4-6-10(11)9(2)19-21/h4-7H,3,8H2,1-2H3,(H,17,22). The minimum Gasteiger partial charge on any atom is -0.461 e. The number of carbonyl (C=O) groups is 2. The SMILES string of the molecule is CCOC(=O)c1nnsc1NC(=O)Cn1nc(C)c2ccccc2c1=O. The Morgan fingerprint density at radius 2 is 2.00 bits per heavy atom. The molecule has 3 rings (SSSR count). The fourth-order valence-electron chi connectivity index (χ4n) is 2.42. The molecule has 0 aliphatic heterocycles. The predicted molar refractivity (Wildman–Crippen MR) is 95.2 cm³/mol. The first-order chi connectivity index (χ1) is 12.5. The molecule has 134 valence electrons. The summed E-state index contributed by atoms with van der Waals surface area (Å²) in [4.78, 5) is 36.6. The van der Waals surface area contributed by atoms with Gasteiger partial charge in [-0.1, -0.05) is 22.7 Å². The molecule has 3 aromatic rings. The van der Waals surface area contributed by atoms with E-state index in [0.717, 1.165) is 21.6 Å². The summed E-state index contributed by atoms with van der Waals surface area (Å²) >= 11 is 0.851. The molecule has 0 aliphatic rings. The molecule has 1 aromatic carbocycles. The van der Waals surface area contributed by atoms with Crippen LogP contribution in [0.4, 0.5) is 5.00 Å². The van der Waals surface area contributed by atoms with Crippen LogP contribution in [0.2, 0.25) is 0 Å². The van der Waals surface area contributed by atoms with E-state index in [4.69, 9.17) is 4.74 Å². The van der Waals surface area contributed by atoms with Crippen LogP contribution in [0.1, 0.15) is 23.1 Å². The molecule has 0 saturated carbocycles. The number of benzene rings is 1. The number of amides is 1. The number of ether oxygens (including phenoxy) is 1. The first-order valence-electron chi connectivity index (χ1n) is 7.77. The van der Waals surface area contributed by atoms with Crippen molar-refractivity contribution in [1.82, 2.24) is 19.4 Å². The number of anilines is 1. The largest absolute Gasteiger partial charge is 0.461 e.